The molecule has 0 aliphatic carbocycles. The first-order chi connectivity index (χ1) is 29.4. The number of fused-ring (bicyclic) bond motifs is 2. The number of aldehydes is 1. The van der Waals surface area contributed by atoms with Gasteiger partial charge in [0.1, 0.15) is 35.1 Å². The van der Waals surface area contributed by atoms with Crippen molar-refractivity contribution in [3.8, 4) is 17.2 Å². The Hall–Kier alpha value is -5.14. The number of nitrogens with two attached hydrogens (primary N) is 1. The largest absolute Gasteiger partial charge is 0.508 e. The molecule has 17 heteroatoms. The number of ether oxygens (including phenoxy) is 4. The van der Waals surface area contributed by atoms with Crippen LogP contribution in [-0.2, 0) is 23.9 Å². The number of aliphatic hydroxyl groups excluding tert-OH is 2. The van der Waals surface area contributed by atoms with Gasteiger partial charge in [-0.2, -0.15) is 0 Å². The van der Waals surface area contributed by atoms with Gasteiger partial charge in [0.2, 0.25) is 12.4 Å². The van der Waals surface area contributed by atoms with Gasteiger partial charge < -0.3 is 55.5 Å². The van der Waals surface area contributed by atoms with Crippen molar-refractivity contribution in [1.82, 2.24) is 5.32 Å². The Bertz CT molecular complexity index is 2220. The summed E-state index contributed by atoms with van der Waals surface area (Å²) >= 11 is 0. The average Bonchev–Trinajstić information content (AvgIpc) is 3.78. The number of carbonyl (C=O) groups is 3. The monoisotopic (exact) mass is 873 g/mol. The van der Waals surface area contributed by atoms with E-state index in [9.17, 15) is 39.9 Å². The summed E-state index contributed by atoms with van der Waals surface area (Å²) in [5, 5.41) is 59.2. The molecule has 2 fully saturated rings. The van der Waals surface area contributed by atoms with E-state index < -0.39 is 54.2 Å². The smallest absolute Gasteiger partial charge is 0.335 e. The van der Waals surface area contributed by atoms with Crippen LogP contribution in [0.4, 0.5) is 0 Å². The second-order valence-electron chi connectivity index (χ2n) is 15.3. The molecule has 3 aromatic carbocycles. The number of rotatable bonds is 11. The maximum Gasteiger partial charge on any atom is 0.335 e. The Labute approximate surface area is 359 Å². The topological polar surface area (TPSA) is 240 Å². The normalized spacial score (nSPS) is 29.9. The van der Waals surface area contributed by atoms with Crippen molar-refractivity contribution in [3.63, 3.8) is 0 Å². The van der Waals surface area contributed by atoms with Crippen molar-refractivity contribution >= 4 is 63.4 Å². The quantitative estimate of drug-likeness (QED) is 0.105. The minimum absolute atomic E-state index is 0.0256. The molecule has 9 unspecified atom stereocenters. The number of carboxylic acids is 1. The van der Waals surface area contributed by atoms with Crippen LogP contribution >= 0.6 is 21.6 Å². The Balaban J connectivity index is 1.22. The number of phenols is 1. The Morgan fingerprint density at radius 3 is 2.56 bits per heavy atom. The van der Waals surface area contributed by atoms with Crippen LogP contribution in [0.1, 0.15) is 30.0 Å². The molecule has 3 aromatic rings. The van der Waals surface area contributed by atoms with Crippen LogP contribution in [0.5, 0.6) is 17.2 Å². The number of carbonyl (C=O) groups excluding carboxylic acids is 2. The summed E-state index contributed by atoms with van der Waals surface area (Å²) in [6, 6.07) is 19.7. The second-order valence-corrected chi connectivity index (χ2v) is 17.7. The molecule has 0 saturated carbocycles. The van der Waals surface area contributed by atoms with Crippen molar-refractivity contribution in [2.24, 2.45) is 28.5 Å². The molecule has 4 heterocycles. The maximum atomic E-state index is 13.3. The van der Waals surface area contributed by atoms with Gasteiger partial charge in [-0.1, -0.05) is 89.2 Å². The number of benzene rings is 3. The number of allylic oxidation sites excluding steroid dienone is 2. The zero-order valence-corrected chi connectivity index (χ0v) is 34.7. The molecule has 0 bridgehead atoms. The molecule has 9 atom stereocenters. The third kappa shape index (κ3) is 8.95. The lowest BCUT2D eigenvalue weighted by atomic mass is 9.73. The second kappa shape index (κ2) is 18.9. The van der Waals surface area contributed by atoms with Crippen LogP contribution in [0.2, 0.25) is 0 Å². The zero-order chi connectivity index (χ0) is 43.3. The van der Waals surface area contributed by atoms with E-state index in [1.54, 1.807) is 0 Å². The molecule has 0 spiro atoms. The van der Waals surface area contributed by atoms with Gasteiger partial charge in [-0.05, 0) is 71.7 Å². The number of amides is 1. The van der Waals surface area contributed by atoms with E-state index in [1.807, 2.05) is 36.5 Å². The lowest BCUT2D eigenvalue weighted by molar-refractivity contribution is -0.340. The SMILES string of the molecule is CC(CC=Cc1ccccc1)C1CNCC2(O)C(Oc3ccc4c(c3)OC(C(N)=O)C(c3ccc(O)cc3)=C4O)OC(C(=O)O)C(O)C2(C=O)OCSSCC1C1=CCN=C1. The fraction of sp³-hybridized carbons (Fsp3) is 0.364. The highest BCUT2D eigenvalue weighted by Crippen LogP contribution is 2.46. The molecule has 4 aliphatic heterocycles. The van der Waals surface area contributed by atoms with E-state index in [-0.39, 0.29) is 64.1 Å². The van der Waals surface area contributed by atoms with Gasteiger partial charge in [-0.25, -0.2) is 4.79 Å². The van der Waals surface area contributed by atoms with E-state index in [4.69, 9.17) is 24.7 Å². The first-order valence-corrected chi connectivity index (χ1v) is 22.1. The first-order valence-electron chi connectivity index (χ1n) is 19.6. The van der Waals surface area contributed by atoms with Gasteiger partial charge in [-0.15, -0.1) is 0 Å². The van der Waals surface area contributed by atoms with Gasteiger partial charge in [-0.3, -0.25) is 14.6 Å². The third-order valence-corrected chi connectivity index (χ3v) is 13.6. The molecule has 0 radical (unpaired) electrons. The number of carboxylic acid groups (broad SMARTS) is 1. The van der Waals surface area contributed by atoms with Crippen molar-refractivity contribution in [2.45, 2.75) is 49.1 Å². The van der Waals surface area contributed by atoms with E-state index in [1.165, 1.54) is 64.1 Å². The number of aliphatic imine (C=N–C) groups is 1. The van der Waals surface area contributed by atoms with Crippen molar-refractivity contribution in [1.29, 1.82) is 0 Å². The molecule has 322 valence electrons. The van der Waals surface area contributed by atoms with E-state index >= 15 is 0 Å². The van der Waals surface area contributed by atoms with E-state index in [0.29, 0.717) is 24.4 Å². The summed E-state index contributed by atoms with van der Waals surface area (Å²) in [4.78, 5) is 43.0. The molecular weight excluding hydrogens is 827 g/mol. The van der Waals surface area contributed by atoms with Crippen LogP contribution in [0.25, 0.3) is 17.4 Å². The summed E-state index contributed by atoms with van der Waals surface area (Å²) in [6.45, 7) is 2.56. The summed E-state index contributed by atoms with van der Waals surface area (Å²) in [5.74, 6) is -2.62. The number of primary amides is 1. The number of hydrogen-bond donors (Lipinski definition) is 7. The van der Waals surface area contributed by atoms with Crippen LogP contribution in [0.3, 0.4) is 0 Å². The third-order valence-electron chi connectivity index (χ3n) is 11.5. The number of nitrogens with one attached hydrogen (secondary N) is 1. The standard InChI is InChI=1S/C44H47N3O12S2/c1-25(6-5-9-26-7-3-2-4-8-26)32-20-47-22-43(55)42(59-38(41(53)54)39(51)44(43,23-48)56-24-61-60-21-33(32)28-16-17-46-19-28)57-30-14-15-31-34(18-30)58-37(40(45)52)35(36(31)50)27-10-12-29(49)13-11-27/h2-5,7-16,18-19,23,25,32-33,37-39,42,47,49-51,55H,6,17,20-22,24H2,1H3,(H2,45,52)(H,53,54). The van der Waals surface area contributed by atoms with Crippen LogP contribution in [0, 0.1) is 17.8 Å². The maximum absolute atomic E-state index is 13.3. The molecule has 4 aliphatic rings. The molecule has 1 amide bonds. The van der Waals surface area contributed by atoms with Crippen molar-refractivity contribution in [2.75, 3.05) is 31.3 Å². The number of hydrogen-bond acceptors (Lipinski definition) is 15. The molecule has 15 nitrogen and oxygen atoms in total. The number of aliphatic hydroxyl groups is 3. The molecule has 0 aromatic heterocycles. The van der Waals surface area contributed by atoms with Gasteiger partial charge in [0.25, 0.3) is 5.91 Å². The average molecular weight is 874 g/mol. The number of aliphatic carboxylic acids is 1. The molecule has 7 rings (SSSR count). The predicted octanol–water partition coefficient (Wildman–Crippen LogP) is 4.22. The van der Waals surface area contributed by atoms with Gasteiger partial charge in [0, 0.05) is 24.6 Å². The number of aromatic hydroxyl groups is 1. The van der Waals surface area contributed by atoms with Gasteiger partial charge in [0.05, 0.1) is 17.7 Å². The van der Waals surface area contributed by atoms with Crippen LogP contribution in [0.15, 0.2) is 95.5 Å². The number of phenolic OH excluding ortho intramolecular Hbond substituents is 1. The molecular formula is C44H47N3O12S2. The van der Waals surface area contributed by atoms with Crippen LogP contribution < -0.4 is 20.5 Å². The highest BCUT2D eigenvalue weighted by atomic mass is 33.1. The first kappa shape index (κ1) is 43.9. The van der Waals surface area contributed by atoms with Gasteiger partial charge in [0.15, 0.2) is 23.6 Å². The fourth-order valence-electron chi connectivity index (χ4n) is 8.21. The summed E-state index contributed by atoms with van der Waals surface area (Å²) in [6.07, 6.45) is 1.39. The van der Waals surface area contributed by atoms with Crippen molar-refractivity contribution in [3.05, 3.63) is 107 Å². The highest BCUT2D eigenvalue weighted by Gasteiger charge is 2.69. The summed E-state index contributed by atoms with van der Waals surface area (Å²) in [7, 11) is 2.73. The predicted molar refractivity (Wildman–Crippen MR) is 231 cm³/mol. The fourth-order valence-corrected chi connectivity index (χ4v) is 10.3. The Morgan fingerprint density at radius 1 is 1.10 bits per heavy atom. The molecule has 61 heavy (non-hydrogen) atoms. The van der Waals surface area contributed by atoms with E-state index in [2.05, 4.69) is 35.5 Å². The molecule has 2 saturated heterocycles. The Kier molecular flexibility index (Phi) is 13.6. The lowest BCUT2D eigenvalue weighted by Gasteiger charge is -2.53. The number of nitrogens with zero attached hydrogens (tertiary/aromatic N) is 1. The van der Waals surface area contributed by atoms with Gasteiger partial charge >= 0.3 is 5.97 Å². The lowest BCUT2D eigenvalue weighted by Crippen LogP contribution is -2.80. The van der Waals surface area contributed by atoms with Crippen molar-refractivity contribution < 1.29 is 58.9 Å². The summed E-state index contributed by atoms with van der Waals surface area (Å²) < 4.78 is 24.1. The summed E-state index contributed by atoms with van der Waals surface area (Å²) in [5.41, 5.74) is 3.26. The number of β-amino-alcohol motifs (C(OH)–C–C–N with tert-alkyl or cyclic N) is 1. The minimum Gasteiger partial charge on any atom is -0.508 e. The Morgan fingerprint density at radius 2 is 1.87 bits per heavy atom. The minimum atomic E-state index is -2.58. The molecule has 8 N–H and O–H groups in total. The highest BCUT2D eigenvalue weighted by molar-refractivity contribution is 8.76. The zero-order valence-electron chi connectivity index (χ0n) is 33.0. The van der Waals surface area contributed by atoms with E-state index in [0.717, 1.165) is 17.6 Å². The van der Waals surface area contributed by atoms with Crippen LogP contribution in [-0.4, -0.2) is 117 Å².